The number of hydrogen-bond acceptors (Lipinski definition) is 5. The molecule has 26 heavy (non-hydrogen) atoms. The van der Waals surface area contributed by atoms with Crippen molar-refractivity contribution >= 4 is 5.91 Å². The van der Waals surface area contributed by atoms with E-state index in [1.54, 1.807) is 29.7 Å². The monoisotopic (exact) mass is 356 g/mol. The fourth-order valence-corrected chi connectivity index (χ4v) is 2.96. The summed E-state index contributed by atoms with van der Waals surface area (Å²) < 4.78 is 0. The number of carbonyl (C=O) groups excluding carboxylic acids is 1. The lowest BCUT2D eigenvalue weighted by molar-refractivity contribution is 0.0706. The molecule has 2 rings (SSSR count). The van der Waals surface area contributed by atoms with Crippen LogP contribution in [0.4, 0.5) is 0 Å². The van der Waals surface area contributed by atoms with Crippen molar-refractivity contribution in [1.82, 2.24) is 15.9 Å². The minimum Gasteiger partial charge on any atom is -0.784 e. The van der Waals surface area contributed by atoms with Crippen molar-refractivity contribution in [3.63, 3.8) is 0 Å². The third kappa shape index (κ3) is 5.12. The summed E-state index contributed by atoms with van der Waals surface area (Å²) in [4.78, 5) is 11.4. The highest BCUT2D eigenvalue weighted by atomic mass is 16.5. The molecule has 3 N–H and O–H groups in total. The van der Waals surface area contributed by atoms with E-state index in [0.29, 0.717) is 5.56 Å². The van der Waals surface area contributed by atoms with Gasteiger partial charge in [0.25, 0.3) is 5.91 Å². The Morgan fingerprint density at radius 3 is 2.19 bits per heavy atom. The van der Waals surface area contributed by atoms with Crippen molar-refractivity contribution in [3.8, 4) is 0 Å². The predicted molar refractivity (Wildman–Crippen MR) is 101 cm³/mol. The smallest absolute Gasteiger partial charge is 0.274 e. The molecule has 6 heteroatoms. The largest absolute Gasteiger partial charge is 0.784 e. The van der Waals surface area contributed by atoms with Gasteiger partial charge in [-0.1, -0.05) is 56.3 Å². The Bertz CT molecular complexity index is 689. The minimum absolute atomic E-state index is 0.0658. The summed E-state index contributed by atoms with van der Waals surface area (Å²) in [5, 5.41) is 25.7. The van der Waals surface area contributed by atoms with Gasteiger partial charge >= 0.3 is 0 Å². The molecule has 0 aromatic heterocycles. The summed E-state index contributed by atoms with van der Waals surface area (Å²) in [6, 6.07) is 16.4. The molecular formula is C20H26N3O3-. The molecule has 0 spiro atoms. The first-order valence-electron chi connectivity index (χ1n) is 8.70. The molecule has 0 bridgehead atoms. The van der Waals surface area contributed by atoms with E-state index in [-0.39, 0.29) is 24.7 Å². The Labute approximate surface area is 154 Å². The molecule has 2 aromatic carbocycles. The van der Waals surface area contributed by atoms with Gasteiger partial charge in [0.2, 0.25) is 0 Å². The molecule has 0 heterocycles. The minimum atomic E-state index is -0.574. The summed E-state index contributed by atoms with van der Waals surface area (Å²) >= 11 is 0. The first-order chi connectivity index (χ1) is 12.4. The molecule has 0 aliphatic rings. The summed E-state index contributed by atoms with van der Waals surface area (Å²) in [7, 11) is 0. The van der Waals surface area contributed by atoms with Crippen molar-refractivity contribution in [2.24, 2.45) is 5.92 Å². The van der Waals surface area contributed by atoms with Gasteiger partial charge < -0.3 is 10.3 Å². The normalized spacial score (nSPS) is 13.7. The number of hydroxylamine groups is 3. The highest BCUT2D eigenvalue weighted by Gasteiger charge is 2.18. The molecule has 0 saturated carbocycles. The average molecular weight is 356 g/mol. The number of nitrogens with zero attached hydrogens (tertiary/aromatic N) is 1. The third-order valence-electron chi connectivity index (χ3n) is 4.41. The molecule has 0 saturated heterocycles. The average Bonchev–Trinajstić information content (AvgIpc) is 2.66. The van der Waals surface area contributed by atoms with Crippen LogP contribution in [0.2, 0.25) is 0 Å². The van der Waals surface area contributed by atoms with E-state index in [1.807, 2.05) is 51.1 Å². The SMILES string of the molecule is CC(C)C(c1ccc(C(=O)NO)cc1)N([O-])CN[C@@H](C)c1ccccc1. The van der Waals surface area contributed by atoms with E-state index < -0.39 is 5.91 Å². The van der Waals surface area contributed by atoms with E-state index in [2.05, 4.69) is 5.32 Å². The topological polar surface area (TPSA) is 87.7 Å². The van der Waals surface area contributed by atoms with Gasteiger partial charge in [-0.15, -0.1) is 0 Å². The second-order valence-electron chi connectivity index (χ2n) is 6.66. The number of nitrogens with one attached hydrogen (secondary N) is 2. The molecule has 2 atom stereocenters. The van der Waals surface area contributed by atoms with Crippen LogP contribution in [0.1, 0.15) is 54.3 Å². The summed E-state index contributed by atoms with van der Waals surface area (Å²) in [6.07, 6.45) is 0. The van der Waals surface area contributed by atoms with Crippen LogP contribution in [0.3, 0.4) is 0 Å². The van der Waals surface area contributed by atoms with Crippen molar-refractivity contribution in [3.05, 3.63) is 76.5 Å². The van der Waals surface area contributed by atoms with Crippen LogP contribution >= 0.6 is 0 Å². The van der Waals surface area contributed by atoms with E-state index >= 15 is 0 Å². The van der Waals surface area contributed by atoms with Crippen LogP contribution in [0, 0.1) is 11.1 Å². The van der Waals surface area contributed by atoms with Crippen LogP contribution < -0.4 is 10.8 Å². The van der Waals surface area contributed by atoms with Gasteiger partial charge in [-0.2, -0.15) is 0 Å². The maximum atomic E-state index is 12.7. The van der Waals surface area contributed by atoms with Crippen LogP contribution in [0.5, 0.6) is 0 Å². The van der Waals surface area contributed by atoms with E-state index in [0.717, 1.165) is 16.2 Å². The molecule has 1 unspecified atom stereocenters. The molecule has 1 amide bonds. The van der Waals surface area contributed by atoms with Crippen LogP contribution in [0.25, 0.3) is 0 Å². The molecule has 0 fully saturated rings. The standard InChI is InChI=1S/C20H26N3O3/c1-14(2)19(17-9-11-18(12-10-17)20(24)22-25)23(26)13-21-15(3)16-7-5-4-6-8-16/h4-12,14-15,19,21,25H,13H2,1-3H3,(H,22,24)/q-1/t15-,19?/m0/s1. The number of amides is 1. The van der Waals surface area contributed by atoms with Crippen molar-refractivity contribution in [1.29, 1.82) is 0 Å². The van der Waals surface area contributed by atoms with Crippen molar-refractivity contribution in [2.75, 3.05) is 6.67 Å². The molecule has 2 aromatic rings. The predicted octanol–water partition coefficient (Wildman–Crippen LogP) is 3.61. The molecule has 0 aliphatic heterocycles. The molecule has 0 aliphatic carbocycles. The highest BCUT2D eigenvalue weighted by Crippen LogP contribution is 2.28. The zero-order valence-electron chi connectivity index (χ0n) is 15.3. The lowest BCUT2D eigenvalue weighted by Crippen LogP contribution is -2.36. The fraction of sp³-hybridized carbons (Fsp3) is 0.350. The second kappa shape index (κ2) is 9.45. The van der Waals surface area contributed by atoms with Crippen LogP contribution in [0.15, 0.2) is 54.6 Å². The lowest BCUT2D eigenvalue weighted by Gasteiger charge is -2.40. The number of carbonyl (C=O) groups is 1. The second-order valence-corrected chi connectivity index (χ2v) is 6.66. The Balaban J connectivity index is 2.05. The maximum absolute atomic E-state index is 12.7. The fourth-order valence-electron chi connectivity index (χ4n) is 2.96. The summed E-state index contributed by atoms with van der Waals surface area (Å²) in [5.41, 5.74) is 3.90. The van der Waals surface area contributed by atoms with Gasteiger partial charge in [0.05, 0.1) is 0 Å². The van der Waals surface area contributed by atoms with E-state index in [1.165, 1.54) is 0 Å². The third-order valence-corrected chi connectivity index (χ3v) is 4.41. The number of benzene rings is 2. The molecule has 6 nitrogen and oxygen atoms in total. The Hall–Kier alpha value is -2.25. The van der Waals surface area contributed by atoms with Crippen LogP contribution in [-0.4, -0.2) is 22.8 Å². The zero-order chi connectivity index (χ0) is 19.1. The zero-order valence-corrected chi connectivity index (χ0v) is 15.3. The Morgan fingerprint density at radius 2 is 1.65 bits per heavy atom. The van der Waals surface area contributed by atoms with Crippen molar-refractivity contribution < 1.29 is 10.0 Å². The first-order valence-corrected chi connectivity index (χ1v) is 8.70. The van der Waals surface area contributed by atoms with Crippen molar-refractivity contribution in [2.45, 2.75) is 32.9 Å². The van der Waals surface area contributed by atoms with Gasteiger partial charge in [-0.05, 0) is 36.1 Å². The highest BCUT2D eigenvalue weighted by molar-refractivity contribution is 5.93. The maximum Gasteiger partial charge on any atom is 0.274 e. The number of hydrogen-bond donors (Lipinski definition) is 3. The van der Waals surface area contributed by atoms with Gasteiger partial charge in [0.1, 0.15) is 0 Å². The quantitative estimate of drug-likeness (QED) is 0.382. The summed E-state index contributed by atoms with van der Waals surface area (Å²) in [6.45, 7) is 6.20. The molecule has 140 valence electrons. The lowest BCUT2D eigenvalue weighted by atomic mass is 9.95. The number of rotatable bonds is 8. The van der Waals surface area contributed by atoms with E-state index in [4.69, 9.17) is 5.21 Å². The molecule has 0 radical (unpaired) electrons. The van der Waals surface area contributed by atoms with Gasteiger partial charge in [-0.3, -0.25) is 15.3 Å². The van der Waals surface area contributed by atoms with Gasteiger partial charge in [0.15, 0.2) is 0 Å². The Morgan fingerprint density at radius 1 is 1.04 bits per heavy atom. The first kappa shape index (κ1) is 20.1. The Kier molecular flexibility index (Phi) is 7.29. The molecular weight excluding hydrogens is 330 g/mol. The van der Waals surface area contributed by atoms with Gasteiger partial charge in [0, 0.05) is 24.3 Å². The summed E-state index contributed by atoms with van der Waals surface area (Å²) in [5.74, 6) is -0.478. The van der Waals surface area contributed by atoms with Gasteiger partial charge in [-0.25, -0.2) is 5.48 Å². The van der Waals surface area contributed by atoms with E-state index in [9.17, 15) is 10.0 Å². The van der Waals surface area contributed by atoms with Crippen LogP contribution in [-0.2, 0) is 0 Å².